The number of carbonyl (C=O) groups excluding carboxylic acids is 1. The molecule has 1 aromatic heterocycles. The molecule has 1 aliphatic rings. The number of alkyl halides is 2. The van der Waals surface area contributed by atoms with Crippen molar-refractivity contribution < 1.29 is 28.2 Å². The number of benzene rings is 2. The van der Waals surface area contributed by atoms with Crippen molar-refractivity contribution in [1.82, 2.24) is 9.78 Å². The molecule has 0 spiro atoms. The molecule has 29 heavy (non-hydrogen) atoms. The lowest BCUT2D eigenvalue weighted by atomic mass is 9.98. The van der Waals surface area contributed by atoms with Crippen LogP contribution in [0.25, 0.3) is 11.1 Å². The Kier molecular flexibility index (Phi) is 4.71. The van der Waals surface area contributed by atoms with E-state index in [0.717, 1.165) is 28.5 Å². The number of carboxylic acids is 1. The van der Waals surface area contributed by atoms with Gasteiger partial charge in [-0.25, -0.2) is 14.3 Å². The highest BCUT2D eigenvalue weighted by Crippen LogP contribution is 2.44. The molecular weight excluding hydrogens is 384 g/mol. The number of hydrogen-bond donors (Lipinski definition) is 2. The van der Waals surface area contributed by atoms with Gasteiger partial charge in [-0.05, 0) is 22.3 Å². The number of anilines is 1. The van der Waals surface area contributed by atoms with Gasteiger partial charge in [-0.1, -0.05) is 48.5 Å². The fourth-order valence-electron chi connectivity index (χ4n) is 3.49. The molecule has 0 unspecified atom stereocenters. The quantitative estimate of drug-likeness (QED) is 0.666. The van der Waals surface area contributed by atoms with Gasteiger partial charge in [0.1, 0.15) is 6.61 Å². The monoisotopic (exact) mass is 399 g/mol. The van der Waals surface area contributed by atoms with Crippen LogP contribution in [0, 0.1) is 0 Å². The fraction of sp³-hybridized carbons (Fsp3) is 0.150. The second kappa shape index (κ2) is 7.34. The summed E-state index contributed by atoms with van der Waals surface area (Å²) in [4.78, 5) is 23.4. The van der Waals surface area contributed by atoms with Crippen molar-refractivity contribution in [2.75, 3.05) is 11.9 Å². The zero-order valence-electron chi connectivity index (χ0n) is 14.9. The first-order valence-electron chi connectivity index (χ1n) is 8.68. The molecule has 9 heteroatoms. The fourth-order valence-corrected chi connectivity index (χ4v) is 3.49. The molecule has 1 heterocycles. The summed E-state index contributed by atoms with van der Waals surface area (Å²) >= 11 is 0. The number of ether oxygens (including phenoxy) is 1. The average molecular weight is 399 g/mol. The summed E-state index contributed by atoms with van der Waals surface area (Å²) in [6.45, 7) is -3.03. The summed E-state index contributed by atoms with van der Waals surface area (Å²) in [5, 5.41) is 14.5. The number of halogens is 2. The maximum atomic E-state index is 12.8. The highest BCUT2D eigenvalue weighted by molar-refractivity contribution is 5.97. The third-order valence-electron chi connectivity index (χ3n) is 4.71. The minimum absolute atomic E-state index is 0.00521. The van der Waals surface area contributed by atoms with Gasteiger partial charge in [0.05, 0.1) is 11.9 Å². The minimum Gasteiger partial charge on any atom is -0.476 e. The molecule has 0 radical (unpaired) electrons. The predicted octanol–water partition coefficient (Wildman–Crippen LogP) is 4.34. The van der Waals surface area contributed by atoms with Gasteiger partial charge in [-0.3, -0.25) is 5.32 Å². The van der Waals surface area contributed by atoms with Gasteiger partial charge in [0.15, 0.2) is 5.69 Å². The summed E-state index contributed by atoms with van der Waals surface area (Å²) in [5.41, 5.74) is 3.08. The Morgan fingerprint density at radius 3 is 2.24 bits per heavy atom. The van der Waals surface area contributed by atoms with E-state index < -0.39 is 24.3 Å². The van der Waals surface area contributed by atoms with Crippen LogP contribution in [0.1, 0.15) is 34.1 Å². The predicted molar refractivity (Wildman–Crippen MR) is 99.1 cm³/mol. The number of fused-ring (bicyclic) bond motifs is 3. The molecule has 0 bridgehead atoms. The van der Waals surface area contributed by atoms with Crippen molar-refractivity contribution in [3.8, 4) is 11.1 Å². The van der Waals surface area contributed by atoms with Gasteiger partial charge >= 0.3 is 18.6 Å². The molecule has 0 fully saturated rings. The van der Waals surface area contributed by atoms with Crippen molar-refractivity contribution >= 4 is 17.7 Å². The van der Waals surface area contributed by atoms with E-state index in [-0.39, 0.29) is 22.9 Å². The van der Waals surface area contributed by atoms with Gasteiger partial charge in [0, 0.05) is 5.92 Å². The SMILES string of the molecule is O=C(Nc1cn(C(F)F)nc1C(=O)O)OCC1c2ccccc2-c2ccccc21. The summed E-state index contributed by atoms with van der Waals surface area (Å²) in [6, 6.07) is 15.6. The number of carboxylic acid groups (broad SMARTS) is 1. The Morgan fingerprint density at radius 1 is 1.10 bits per heavy atom. The largest absolute Gasteiger partial charge is 0.476 e. The molecule has 2 aromatic carbocycles. The Morgan fingerprint density at radius 2 is 1.69 bits per heavy atom. The van der Waals surface area contributed by atoms with Gasteiger partial charge in [-0.15, -0.1) is 0 Å². The maximum absolute atomic E-state index is 12.8. The normalized spacial score (nSPS) is 12.5. The molecule has 0 saturated carbocycles. The van der Waals surface area contributed by atoms with Crippen molar-refractivity contribution in [2.24, 2.45) is 0 Å². The van der Waals surface area contributed by atoms with E-state index in [1.54, 1.807) is 0 Å². The molecule has 1 aliphatic carbocycles. The maximum Gasteiger partial charge on any atom is 0.411 e. The Labute approximate surface area is 163 Å². The lowest BCUT2D eigenvalue weighted by molar-refractivity contribution is 0.0545. The highest BCUT2D eigenvalue weighted by atomic mass is 19.3. The second-order valence-corrected chi connectivity index (χ2v) is 6.40. The first-order chi connectivity index (χ1) is 14.0. The van der Waals surface area contributed by atoms with Crippen molar-refractivity contribution in [2.45, 2.75) is 12.5 Å². The molecule has 2 N–H and O–H groups in total. The number of rotatable bonds is 5. The number of aromatic nitrogens is 2. The van der Waals surface area contributed by atoms with E-state index in [9.17, 15) is 18.4 Å². The summed E-state index contributed by atoms with van der Waals surface area (Å²) < 4.78 is 31.0. The zero-order chi connectivity index (χ0) is 20.5. The Bertz CT molecular complexity index is 1050. The van der Waals surface area contributed by atoms with E-state index >= 15 is 0 Å². The number of amides is 1. The molecule has 4 rings (SSSR count). The topological polar surface area (TPSA) is 93.5 Å². The van der Waals surface area contributed by atoms with E-state index in [0.29, 0.717) is 0 Å². The van der Waals surface area contributed by atoms with Crippen molar-refractivity contribution in [1.29, 1.82) is 0 Å². The third kappa shape index (κ3) is 3.42. The summed E-state index contributed by atoms with van der Waals surface area (Å²) in [7, 11) is 0. The van der Waals surface area contributed by atoms with Crippen LogP contribution in [0.4, 0.5) is 19.3 Å². The van der Waals surface area contributed by atoms with E-state index in [1.165, 1.54) is 0 Å². The lowest BCUT2D eigenvalue weighted by Crippen LogP contribution is -2.19. The Hall–Kier alpha value is -3.75. The van der Waals surface area contributed by atoms with Crippen LogP contribution in [-0.2, 0) is 4.74 Å². The second-order valence-electron chi connectivity index (χ2n) is 6.40. The number of nitrogens with one attached hydrogen (secondary N) is 1. The first kappa shape index (κ1) is 18.6. The average Bonchev–Trinajstić information content (AvgIpc) is 3.26. The van der Waals surface area contributed by atoms with Crippen LogP contribution in [0.15, 0.2) is 54.7 Å². The van der Waals surface area contributed by atoms with Crippen LogP contribution in [-0.4, -0.2) is 33.6 Å². The zero-order valence-corrected chi connectivity index (χ0v) is 14.9. The van der Waals surface area contributed by atoms with Gasteiger partial charge in [0.25, 0.3) is 0 Å². The number of aromatic carboxylic acids is 1. The molecule has 148 valence electrons. The molecular formula is C20H15F2N3O4. The van der Waals surface area contributed by atoms with E-state index in [4.69, 9.17) is 9.84 Å². The van der Waals surface area contributed by atoms with E-state index in [1.807, 2.05) is 48.5 Å². The lowest BCUT2D eigenvalue weighted by Gasteiger charge is -2.14. The standard InChI is InChI=1S/C20H15F2N3O4/c21-19(22)25-9-16(17(24-25)18(26)27)23-20(28)29-10-15-13-7-3-1-5-11(13)12-6-2-4-8-14(12)15/h1-9,15,19H,10H2,(H,23,28)(H,26,27). The number of carbonyl (C=O) groups is 2. The third-order valence-corrected chi connectivity index (χ3v) is 4.71. The van der Waals surface area contributed by atoms with Crippen LogP contribution in [0.3, 0.4) is 0 Å². The molecule has 3 aromatic rings. The smallest absolute Gasteiger partial charge is 0.411 e. The molecule has 0 atom stereocenters. The highest BCUT2D eigenvalue weighted by Gasteiger charge is 2.29. The van der Waals surface area contributed by atoms with Gasteiger partial charge in [0.2, 0.25) is 0 Å². The first-order valence-corrected chi connectivity index (χ1v) is 8.68. The van der Waals surface area contributed by atoms with Gasteiger partial charge < -0.3 is 9.84 Å². The van der Waals surface area contributed by atoms with Gasteiger partial charge in [-0.2, -0.15) is 13.9 Å². The van der Waals surface area contributed by atoms with Crippen molar-refractivity contribution in [3.63, 3.8) is 0 Å². The van der Waals surface area contributed by atoms with E-state index in [2.05, 4.69) is 10.4 Å². The number of nitrogens with zero attached hydrogens (tertiary/aromatic N) is 2. The number of hydrogen-bond acceptors (Lipinski definition) is 4. The molecule has 7 nitrogen and oxygen atoms in total. The minimum atomic E-state index is -3.04. The summed E-state index contributed by atoms with van der Waals surface area (Å²) in [5.74, 6) is -1.73. The summed E-state index contributed by atoms with van der Waals surface area (Å²) in [6.07, 6.45) is -0.210. The Balaban J connectivity index is 1.51. The van der Waals surface area contributed by atoms with Crippen molar-refractivity contribution in [3.05, 3.63) is 71.5 Å². The molecule has 0 aliphatic heterocycles. The van der Waals surface area contributed by atoms with Crippen LogP contribution in [0.5, 0.6) is 0 Å². The van der Waals surface area contributed by atoms with Crippen LogP contribution >= 0.6 is 0 Å². The molecule has 0 saturated heterocycles. The van der Waals surface area contributed by atoms with Crippen LogP contribution in [0.2, 0.25) is 0 Å². The van der Waals surface area contributed by atoms with Crippen LogP contribution < -0.4 is 5.32 Å². The molecule has 1 amide bonds.